The Morgan fingerprint density at radius 1 is 1.38 bits per heavy atom. The van der Waals surface area contributed by atoms with Crippen LogP contribution in [0, 0.1) is 0 Å². The summed E-state index contributed by atoms with van der Waals surface area (Å²) in [5.41, 5.74) is 0.931. The normalized spacial score (nSPS) is 22.5. The van der Waals surface area contributed by atoms with Crippen LogP contribution in [-0.2, 0) is 0 Å². The first kappa shape index (κ1) is 14.1. The van der Waals surface area contributed by atoms with Crippen molar-refractivity contribution in [2.75, 3.05) is 17.2 Å². The molecule has 0 aliphatic carbocycles. The van der Waals surface area contributed by atoms with Crippen LogP contribution in [-0.4, -0.2) is 44.6 Å². The fourth-order valence-electron chi connectivity index (χ4n) is 2.64. The Morgan fingerprint density at radius 2 is 2.19 bits per heavy atom. The van der Waals surface area contributed by atoms with Gasteiger partial charge in [-0.1, -0.05) is 6.92 Å². The third-order valence-corrected chi connectivity index (χ3v) is 5.36. The number of benzene rings is 1. The largest absolute Gasteiger partial charge is 0.478 e. The molecule has 0 bridgehead atoms. The molecule has 1 aromatic heterocycles. The number of carbonyl (C=O) groups is 1. The SMILES string of the molecule is CC1SCCN(c2ncnc3cc(C(=O)O)ccc23)C1C. The molecule has 0 spiro atoms. The molecular weight excluding hydrogens is 286 g/mol. The number of hydrogen-bond acceptors (Lipinski definition) is 5. The average Bonchev–Trinajstić information content (AvgIpc) is 2.49. The zero-order valence-electron chi connectivity index (χ0n) is 12.0. The van der Waals surface area contributed by atoms with Crippen LogP contribution in [0.1, 0.15) is 24.2 Å². The van der Waals surface area contributed by atoms with Gasteiger partial charge in [0.1, 0.15) is 12.1 Å². The van der Waals surface area contributed by atoms with Crippen LogP contribution >= 0.6 is 11.8 Å². The molecule has 21 heavy (non-hydrogen) atoms. The monoisotopic (exact) mass is 303 g/mol. The van der Waals surface area contributed by atoms with Crippen LogP contribution in [0.25, 0.3) is 10.9 Å². The number of fused-ring (bicyclic) bond motifs is 1. The van der Waals surface area contributed by atoms with Gasteiger partial charge in [0.15, 0.2) is 0 Å². The van der Waals surface area contributed by atoms with E-state index in [9.17, 15) is 4.79 Å². The first-order valence-electron chi connectivity index (χ1n) is 6.94. The van der Waals surface area contributed by atoms with Gasteiger partial charge in [0.25, 0.3) is 0 Å². The molecule has 110 valence electrons. The lowest BCUT2D eigenvalue weighted by Gasteiger charge is -2.38. The number of anilines is 1. The number of aromatic carboxylic acids is 1. The lowest BCUT2D eigenvalue weighted by Crippen LogP contribution is -2.45. The molecule has 2 unspecified atom stereocenters. The summed E-state index contributed by atoms with van der Waals surface area (Å²) in [6.07, 6.45) is 1.52. The minimum atomic E-state index is -0.937. The van der Waals surface area contributed by atoms with Gasteiger partial charge in [0.2, 0.25) is 0 Å². The molecule has 2 heterocycles. The maximum atomic E-state index is 11.1. The first-order chi connectivity index (χ1) is 10.1. The second kappa shape index (κ2) is 5.52. The minimum absolute atomic E-state index is 0.253. The summed E-state index contributed by atoms with van der Waals surface area (Å²) in [6, 6.07) is 5.42. The van der Waals surface area contributed by atoms with Gasteiger partial charge < -0.3 is 10.0 Å². The zero-order chi connectivity index (χ0) is 15.0. The van der Waals surface area contributed by atoms with E-state index in [1.165, 1.54) is 6.33 Å². The highest BCUT2D eigenvalue weighted by molar-refractivity contribution is 8.00. The van der Waals surface area contributed by atoms with Gasteiger partial charge >= 0.3 is 5.97 Å². The summed E-state index contributed by atoms with van der Waals surface area (Å²) in [5, 5.41) is 10.5. The van der Waals surface area contributed by atoms with Crippen molar-refractivity contribution >= 4 is 34.5 Å². The van der Waals surface area contributed by atoms with Crippen molar-refractivity contribution in [2.24, 2.45) is 0 Å². The van der Waals surface area contributed by atoms with Gasteiger partial charge in [-0.05, 0) is 25.1 Å². The summed E-state index contributed by atoms with van der Waals surface area (Å²) < 4.78 is 0. The molecule has 2 aromatic rings. The van der Waals surface area contributed by atoms with E-state index >= 15 is 0 Å². The molecule has 1 N–H and O–H groups in total. The van der Waals surface area contributed by atoms with E-state index in [2.05, 4.69) is 28.7 Å². The Hall–Kier alpha value is -1.82. The van der Waals surface area contributed by atoms with Crippen LogP contribution in [0.4, 0.5) is 5.82 Å². The molecule has 2 atom stereocenters. The maximum absolute atomic E-state index is 11.1. The summed E-state index contributed by atoms with van der Waals surface area (Å²) in [4.78, 5) is 22.0. The Balaban J connectivity index is 2.08. The summed E-state index contributed by atoms with van der Waals surface area (Å²) in [7, 11) is 0. The number of aromatic nitrogens is 2. The van der Waals surface area contributed by atoms with Gasteiger partial charge in [0, 0.05) is 29.0 Å². The van der Waals surface area contributed by atoms with Crippen molar-refractivity contribution in [2.45, 2.75) is 25.1 Å². The topological polar surface area (TPSA) is 66.3 Å². The van der Waals surface area contributed by atoms with Crippen LogP contribution < -0.4 is 4.90 Å². The molecule has 1 fully saturated rings. The fourth-order valence-corrected chi connectivity index (χ4v) is 3.74. The molecule has 1 aliphatic heterocycles. The quantitative estimate of drug-likeness (QED) is 0.920. The zero-order valence-corrected chi connectivity index (χ0v) is 12.8. The van der Waals surface area contributed by atoms with E-state index in [1.54, 1.807) is 12.1 Å². The van der Waals surface area contributed by atoms with Gasteiger partial charge in [-0.15, -0.1) is 0 Å². The van der Waals surface area contributed by atoms with E-state index in [0.29, 0.717) is 16.8 Å². The third kappa shape index (κ3) is 2.55. The Kier molecular flexibility index (Phi) is 3.71. The summed E-state index contributed by atoms with van der Waals surface area (Å²) >= 11 is 1.97. The number of hydrogen-bond donors (Lipinski definition) is 1. The fraction of sp³-hybridized carbons (Fsp3) is 0.400. The van der Waals surface area contributed by atoms with Crippen molar-refractivity contribution in [3.05, 3.63) is 30.1 Å². The standard InChI is InChI=1S/C15H17N3O2S/c1-9-10(2)21-6-5-18(9)14-12-4-3-11(15(19)20)7-13(12)16-8-17-14/h3-4,7-10H,5-6H2,1-2H3,(H,19,20). The van der Waals surface area contributed by atoms with E-state index in [4.69, 9.17) is 5.11 Å². The molecular formula is C15H17N3O2S. The number of carboxylic acid groups (broad SMARTS) is 1. The van der Waals surface area contributed by atoms with Gasteiger partial charge in [-0.3, -0.25) is 0 Å². The van der Waals surface area contributed by atoms with Crippen LogP contribution in [0.15, 0.2) is 24.5 Å². The van der Waals surface area contributed by atoms with Crippen molar-refractivity contribution in [1.82, 2.24) is 9.97 Å². The van der Waals surface area contributed by atoms with Crippen molar-refractivity contribution in [1.29, 1.82) is 0 Å². The van der Waals surface area contributed by atoms with Crippen LogP contribution in [0.5, 0.6) is 0 Å². The Morgan fingerprint density at radius 3 is 2.95 bits per heavy atom. The first-order valence-corrected chi connectivity index (χ1v) is 7.99. The highest BCUT2D eigenvalue weighted by Crippen LogP contribution is 2.31. The number of rotatable bonds is 2. The molecule has 1 aromatic carbocycles. The molecule has 0 saturated carbocycles. The molecule has 0 radical (unpaired) electrons. The molecule has 1 saturated heterocycles. The van der Waals surface area contributed by atoms with E-state index in [-0.39, 0.29) is 5.56 Å². The number of nitrogens with zero attached hydrogens (tertiary/aromatic N) is 3. The Bertz CT molecular complexity index is 692. The van der Waals surface area contributed by atoms with Crippen molar-refractivity contribution in [3.63, 3.8) is 0 Å². The molecule has 3 rings (SSSR count). The predicted molar refractivity (Wildman–Crippen MR) is 85.2 cm³/mol. The highest BCUT2D eigenvalue weighted by Gasteiger charge is 2.27. The Labute approximate surface area is 127 Å². The molecule has 0 amide bonds. The second-order valence-electron chi connectivity index (χ2n) is 5.24. The van der Waals surface area contributed by atoms with Gasteiger partial charge in [0.05, 0.1) is 11.1 Å². The smallest absolute Gasteiger partial charge is 0.335 e. The summed E-state index contributed by atoms with van der Waals surface area (Å²) in [6.45, 7) is 5.38. The molecule has 6 heteroatoms. The van der Waals surface area contributed by atoms with Crippen molar-refractivity contribution < 1.29 is 9.90 Å². The lowest BCUT2D eigenvalue weighted by atomic mass is 10.1. The van der Waals surface area contributed by atoms with Gasteiger partial charge in [-0.2, -0.15) is 11.8 Å². The second-order valence-corrected chi connectivity index (χ2v) is 6.73. The van der Waals surface area contributed by atoms with Crippen LogP contribution in [0.3, 0.4) is 0 Å². The van der Waals surface area contributed by atoms with E-state index in [0.717, 1.165) is 23.5 Å². The number of thioether (sulfide) groups is 1. The van der Waals surface area contributed by atoms with Crippen molar-refractivity contribution in [3.8, 4) is 0 Å². The highest BCUT2D eigenvalue weighted by atomic mass is 32.2. The van der Waals surface area contributed by atoms with E-state index < -0.39 is 5.97 Å². The van der Waals surface area contributed by atoms with E-state index in [1.807, 2.05) is 17.8 Å². The van der Waals surface area contributed by atoms with Crippen LogP contribution in [0.2, 0.25) is 0 Å². The summed E-state index contributed by atoms with van der Waals surface area (Å²) in [5.74, 6) is 1.04. The van der Waals surface area contributed by atoms with Gasteiger partial charge in [-0.25, -0.2) is 14.8 Å². The minimum Gasteiger partial charge on any atom is -0.478 e. The molecule has 5 nitrogen and oxygen atoms in total. The number of carboxylic acids is 1. The predicted octanol–water partition coefficient (Wildman–Crippen LogP) is 2.66. The molecule has 1 aliphatic rings. The third-order valence-electron chi connectivity index (χ3n) is 4.02. The average molecular weight is 303 g/mol. The maximum Gasteiger partial charge on any atom is 0.335 e. The lowest BCUT2D eigenvalue weighted by molar-refractivity contribution is 0.0697.